The second-order valence-electron chi connectivity index (χ2n) is 5.23. The van der Waals surface area contributed by atoms with Crippen LogP contribution in [0.4, 0.5) is 0 Å². The average Bonchev–Trinajstić information content (AvgIpc) is 3.17. The quantitative estimate of drug-likeness (QED) is 0.861. The molecule has 1 N–H and O–H groups in total. The van der Waals surface area contributed by atoms with Crippen LogP contribution in [0.2, 0.25) is 0 Å². The van der Waals surface area contributed by atoms with E-state index in [9.17, 15) is 0 Å². The molecule has 0 amide bonds. The summed E-state index contributed by atoms with van der Waals surface area (Å²) in [5.41, 5.74) is 3.66. The van der Waals surface area contributed by atoms with Gasteiger partial charge in [-0.25, -0.2) is 4.68 Å². The third kappa shape index (κ3) is 3.41. The van der Waals surface area contributed by atoms with E-state index in [2.05, 4.69) is 46.8 Å². The molecule has 0 radical (unpaired) electrons. The Bertz CT molecular complexity index is 525. The van der Waals surface area contributed by atoms with E-state index in [1.807, 2.05) is 10.9 Å². The van der Waals surface area contributed by atoms with Crippen LogP contribution in [0.25, 0.3) is 0 Å². The highest BCUT2D eigenvalue weighted by atomic mass is 15.4. The van der Waals surface area contributed by atoms with Crippen LogP contribution in [-0.2, 0) is 19.5 Å². The molecule has 0 spiro atoms. The highest BCUT2D eigenvalue weighted by Gasteiger charge is 2.20. The van der Waals surface area contributed by atoms with Gasteiger partial charge in [-0.2, -0.15) is 0 Å². The molecule has 1 saturated carbocycles. The summed E-state index contributed by atoms with van der Waals surface area (Å²) in [6, 6.07) is 9.42. The van der Waals surface area contributed by atoms with Gasteiger partial charge < -0.3 is 5.32 Å². The predicted octanol–water partition coefficient (Wildman–Crippen LogP) is 2.14. The van der Waals surface area contributed by atoms with Crippen molar-refractivity contribution in [1.82, 2.24) is 20.3 Å². The highest BCUT2D eigenvalue weighted by molar-refractivity contribution is 5.22. The second kappa shape index (κ2) is 5.53. The Labute approximate surface area is 113 Å². The molecule has 100 valence electrons. The van der Waals surface area contributed by atoms with Crippen molar-refractivity contribution in [2.45, 2.75) is 45.3 Å². The zero-order valence-electron chi connectivity index (χ0n) is 11.3. The lowest BCUT2D eigenvalue weighted by Crippen LogP contribution is -2.15. The third-order valence-electron chi connectivity index (χ3n) is 3.51. The number of nitrogens with one attached hydrogen (secondary N) is 1. The molecule has 1 aliphatic rings. The molecule has 3 rings (SSSR count). The van der Waals surface area contributed by atoms with Gasteiger partial charge in [-0.05, 0) is 30.4 Å². The van der Waals surface area contributed by atoms with Crippen molar-refractivity contribution in [3.8, 4) is 0 Å². The van der Waals surface area contributed by atoms with E-state index in [0.29, 0.717) is 6.04 Å². The second-order valence-corrected chi connectivity index (χ2v) is 5.23. The van der Waals surface area contributed by atoms with Crippen molar-refractivity contribution in [2.24, 2.45) is 0 Å². The Hall–Kier alpha value is -1.68. The average molecular weight is 256 g/mol. The van der Waals surface area contributed by atoms with E-state index < -0.39 is 0 Å². The van der Waals surface area contributed by atoms with Crippen molar-refractivity contribution in [3.63, 3.8) is 0 Å². The number of nitrogens with zero attached hydrogens (tertiary/aromatic N) is 3. The molecule has 1 aromatic heterocycles. The number of aromatic nitrogens is 3. The van der Waals surface area contributed by atoms with Gasteiger partial charge in [0.2, 0.25) is 0 Å². The largest absolute Gasteiger partial charge is 0.308 e. The van der Waals surface area contributed by atoms with Crippen LogP contribution < -0.4 is 5.32 Å². The lowest BCUT2D eigenvalue weighted by molar-refractivity contribution is 0.646. The maximum Gasteiger partial charge on any atom is 0.0965 e. The van der Waals surface area contributed by atoms with E-state index in [1.165, 1.54) is 24.0 Å². The van der Waals surface area contributed by atoms with E-state index >= 15 is 0 Å². The third-order valence-corrected chi connectivity index (χ3v) is 3.51. The van der Waals surface area contributed by atoms with E-state index in [1.54, 1.807) is 0 Å². The molecule has 0 bridgehead atoms. The van der Waals surface area contributed by atoms with Gasteiger partial charge in [0.1, 0.15) is 0 Å². The van der Waals surface area contributed by atoms with Gasteiger partial charge in [0.15, 0.2) is 0 Å². The van der Waals surface area contributed by atoms with Gasteiger partial charge in [-0.3, -0.25) is 0 Å². The Morgan fingerprint density at radius 2 is 1.95 bits per heavy atom. The van der Waals surface area contributed by atoms with E-state index in [-0.39, 0.29) is 0 Å². The molecule has 0 saturated heterocycles. The molecule has 0 unspecified atom stereocenters. The molecule has 2 aromatic rings. The standard InChI is InChI=1S/C15H20N4/c1-2-12-3-5-13(6-4-12)10-19-11-15(17-18-19)9-16-14-7-8-14/h3-6,11,14,16H,2,7-10H2,1H3. The minimum absolute atomic E-state index is 0.715. The molecule has 0 aliphatic heterocycles. The van der Waals surface area contributed by atoms with Crippen molar-refractivity contribution in [2.75, 3.05) is 0 Å². The number of benzene rings is 1. The molecule has 19 heavy (non-hydrogen) atoms. The van der Waals surface area contributed by atoms with Gasteiger partial charge in [-0.15, -0.1) is 5.10 Å². The molecule has 4 heteroatoms. The summed E-state index contributed by atoms with van der Waals surface area (Å²) in [5, 5.41) is 11.8. The van der Waals surface area contributed by atoms with E-state index in [4.69, 9.17) is 0 Å². The topological polar surface area (TPSA) is 42.7 Å². The van der Waals surface area contributed by atoms with Gasteiger partial charge in [0, 0.05) is 12.6 Å². The van der Waals surface area contributed by atoms with Crippen molar-refractivity contribution < 1.29 is 0 Å². The lowest BCUT2D eigenvalue weighted by Gasteiger charge is -2.02. The molecular formula is C15H20N4. The normalized spacial score (nSPS) is 14.8. The highest BCUT2D eigenvalue weighted by Crippen LogP contribution is 2.18. The predicted molar refractivity (Wildman–Crippen MR) is 74.8 cm³/mol. The summed E-state index contributed by atoms with van der Waals surface area (Å²) in [6.07, 6.45) is 5.72. The number of aryl methyl sites for hydroxylation is 1. The number of rotatable bonds is 6. The minimum atomic E-state index is 0.715. The van der Waals surface area contributed by atoms with Crippen LogP contribution in [0.15, 0.2) is 30.5 Å². The number of hydrogen-bond acceptors (Lipinski definition) is 3. The Kier molecular flexibility index (Phi) is 3.60. The maximum atomic E-state index is 4.20. The molecule has 1 fully saturated rings. The maximum absolute atomic E-state index is 4.20. The Morgan fingerprint density at radius 3 is 2.63 bits per heavy atom. The van der Waals surface area contributed by atoms with Crippen LogP contribution >= 0.6 is 0 Å². The van der Waals surface area contributed by atoms with Crippen LogP contribution in [0, 0.1) is 0 Å². The minimum Gasteiger partial charge on any atom is -0.308 e. The monoisotopic (exact) mass is 256 g/mol. The van der Waals surface area contributed by atoms with Gasteiger partial charge in [0.25, 0.3) is 0 Å². The van der Waals surface area contributed by atoms with Crippen LogP contribution in [0.5, 0.6) is 0 Å². The zero-order chi connectivity index (χ0) is 13.1. The molecule has 1 aliphatic carbocycles. The Morgan fingerprint density at radius 1 is 1.21 bits per heavy atom. The fraction of sp³-hybridized carbons (Fsp3) is 0.467. The SMILES string of the molecule is CCc1ccc(Cn2cc(CNC3CC3)nn2)cc1. The first-order valence-electron chi connectivity index (χ1n) is 7.03. The summed E-state index contributed by atoms with van der Waals surface area (Å²) in [5.74, 6) is 0. The van der Waals surface area contributed by atoms with Crippen molar-refractivity contribution >= 4 is 0 Å². The molecule has 0 atom stereocenters. The molecule has 1 heterocycles. The zero-order valence-corrected chi connectivity index (χ0v) is 11.3. The summed E-state index contributed by atoms with van der Waals surface area (Å²) in [7, 11) is 0. The summed E-state index contributed by atoms with van der Waals surface area (Å²) >= 11 is 0. The fourth-order valence-electron chi connectivity index (χ4n) is 2.10. The first-order chi connectivity index (χ1) is 9.33. The van der Waals surface area contributed by atoms with Crippen LogP contribution in [-0.4, -0.2) is 21.0 Å². The molecule has 4 nitrogen and oxygen atoms in total. The Balaban J connectivity index is 1.58. The van der Waals surface area contributed by atoms with Gasteiger partial charge >= 0.3 is 0 Å². The summed E-state index contributed by atoms with van der Waals surface area (Å²) < 4.78 is 1.91. The smallest absolute Gasteiger partial charge is 0.0965 e. The lowest BCUT2D eigenvalue weighted by atomic mass is 10.1. The van der Waals surface area contributed by atoms with Crippen molar-refractivity contribution in [3.05, 3.63) is 47.3 Å². The van der Waals surface area contributed by atoms with E-state index in [0.717, 1.165) is 25.2 Å². The van der Waals surface area contributed by atoms with Crippen LogP contribution in [0.1, 0.15) is 36.6 Å². The summed E-state index contributed by atoms with van der Waals surface area (Å²) in [6.45, 7) is 3.80. The van der Waals surface area contributed by atoms with Gasteiger partial charge in [-0.1, -0.05) is 36.4 Å². The van der Waals surface area contributed by atoms with Crippen LogP contribution in [0.3, 0.4) is 0 Å². The summed E-state index contributed by atoms with van der Waals surface area (Å²) in [4.78, 5) is 0. The fourth-order valence-corrected chi connectivity index (χ4v) is 2.10. The first kappa shape index (κ1) is 12.4. The number of hydrogen-bond donors (Lipinski definition) is 1. The molecule has 1 aromatic carbocycles. The molecular weight excluding hydrogens is 236 g/mol. The van der Waals surface area contributed by atoms with Gasteiger partial charge in [0.05, 0.1) is 18.4 Å². The van der Waals surface area contributed by atoms with Crippen molar-refractivity contribution in [1.29, 1.82) is 0 Å². The first-order valence-corrected chi connectivity index (χ1v) is 7.03.